The zero-order valence-electron chi connectivity index (χ0n) is 17.1. The quantitative estimate of drug-likeness (QED) is 0.0900. The van der Waals surface area contributed by atoms with E-state index in [-0.39, 0.29) is 12.2 Å². The highest BCUT2D eigenvalue weighted by Gasteiger charge is 2.43. The molecule has 0 radical (unpaired) electrons. The monoisotopic (exact) mass is 588 g/mol. The highest BCUT2D eigenvalue weighted by Crippen LogP contribution is 2.66. The Morgan fingerprint density at radius 3 is 2.50 bits per heavy atom. The van der Waals surface area contributed by atoms with Gasteiger partial charge in [0.2, 0.25) is 0 Å². The number of phosphoric ester groups is 1. The van der Waals surface area contributed by atoms with Gasteiger partial charge in [0.15, 0.2) is 0 Å². The minimum atomic E-state index is -5.68. The molecular formula is C12H23N4O13P3S2. The number of hydrogen-bond acceptors (Lipinski definition) is 14. The van der Waals surface area contributed by atoms with Crippen molar-refractivity contribution in [2.24, 2.45) is 5.73 Å². The first-order valence-electron chi connectivity index (χ1n) is 9.12. The Balaban J connectivity index is 2.03. The number of nitrogen functional groups attached to an aromatic ring is 1. The van der Waals surface area contributed by atoms with E-state index < -0.39 is 54.2 Å². The fraction of sp³-hybridized carbons (Fsp3) is 0.667. The summed E-state index contributed by atoms with van der Waals surface area (Å²) in [4.78, 5) is 52.1. The van der Waals surface area contributed by atoms with Crippen molar-refractivity contribution in [1.29, 1.82) is 0 Å². The molecule has 1 aliphatic heterocycles. The molecule has 0 spiro atoms. The minimum Gasteiger partial charge on any atom is -0.390 e. The molecule has 22 heteroatoms. The third kappa shape index (κ3) is 9.61. The van der Waals surface area contributed by atoms with E-state index in [0.29, 0.717) is 11.4 Å². The van der Waals surface area contributed by atoms with Crippen molar-refractivity contribution >= 4 is 50.9 Å². The molecule has 0 aromatic carbocycles. The van der Waals surface area contributed by atoms with Gasteiger partial charge in [-0.05, 0) is 13.0 Å². The predicted molar refractivity (Wildman–Crippen MR) is 119 cm³/mol. The second-order valence-corrected chi connectivity index (χ2v) is 13.4. The topological polar surface area (TPSA) is 276 Å². The highest BCUT2D eigenvalue weighted by atomic mass is 33.1. The van der Waals surface area contributed by atoms with Gasteiger partial charge >= 0.3 is 29.2 Å². The summed E-state index contributed by atoms with van der Waals surface area (Å²) in [5, 5.41) is 10.2. The lowest BCUT2D eigenvalue weighted by molar-refractivity contribution is -0.0451. The maximum atomic E-state index is 12.3. The van der Waals surface area contributed by atoms with Gasteiger partial charge in [0.1, 0.15) is 18.1 Å². The molecule has 0 bridgehead atoms. The van der Waals surface area contributed by atoms with Crippen LogP contribution in [-0.4, -0.2) is 65.3 Å². The smallest absolute Gasteiger partial charge is 0.390 e. The average Bonchev–Trinajstić information content (AvgIpc) is 3.02. The predicted octanol–water partition coefficient (Wildman–Crippen LogP) is -0.0937. The fourth-order valence-electron chi connectivity index (χ4n) is 2.49. The van der Waals surface area contributed by atoms with Crippen LogP contribution < -0.4 is 17.2 Å². The molecular weight excluding hydrogens is 565 g/mol. The van der Waals surface area contributed by atoms with Crippen molar-refractivity contribution in [2.45, 2.75) is 36.2 Å². The van der Waals surface area contributed by atoms with E-state index in [9.17, 15) is 28.5 Å². The Kier molecular flexibility index (Phi) is 10.8. The Hall–Kier alpha value is -0.330. The summed E-state index contributed by atoms with van der Waals surface area (Å²) >= 11 is 0. The molecule has 0 amide bonds. The first kappa shape index (κ1) is 29.9. The Bertz CT molecular complexity index is 1050. The van der Waals surface area contributed by atoms with Gasteiger partial charge in [-0.2, -0.15) is 13.6 Å². The normalized spacial score (nSPS) is 24.6. The fourth-order valence-corrected chi connectivity index (χ4v) is 7.67. The number of nitrogens with two attached hydrogens (primary N) is 2. The summed E-state index contributed by atoms with van der Waals surface area (Å²) < 4.78 is 52.0. The lowest BCUT2D eigenvalue weighted by Crippen LogP contribution is -2.29. The van der Waals surface area contributed by atoms with Crippen LogP contribution in [0.5, 0.6) is 0 Å². The van der Waals surface area contributed by atoms with E-state index in [1.807, 2.05) is 0 Å². The van der Waals surface area contributed by atoms with Crippen molar-refractivity contribution in [3.8, 4) is 0 Å². The third-order valence-electron chi connectivity index (χ3n) is 3.86. The van der Waals surface area contributed by atoms with E-state index in [1.54, 1.807) is 0 Å². The molecule has 2 unspecified atom stereocenters. The number of anilines is 1. The summed E-state index contributed by atoms with van der Waals surface area (Å²) in [5.74, 6) is 0.718. The summed E-state index contributed by atoms with van der Waals surface area (Å²) in [6.07, 6.45) is -1.67. The molecule has 17 nitrogen and oxygen atoms in total. The van der Waals surface area contributed by atoms with Crippen LogP contribution in [-0.2, 0) is 31.6 Å². The highest BCUT2D eigenvalue weighted by molar-refractivity contribution is 8.76. The second kappa shape index (κ2) is 12.3. The van der Waals surface area contributed by atoms with Crippen molar-refractivity contribution in [3.05, 3.63) is 16.7 Å². The van der Waals surface area contributed by atoms with E-state index in [4.69, 9.17) is 30.9 Å². The molecule has 9 N–H and O–H groups in total. The van der Waals surface area contributed by atoms with Crippen LogP contribution in [0.25, 0.3) is 0 Å². The van der Waals surface area contributed by atoms with Crippen LogP contribution in [0.1, 0.15) is 19.1 Å². The molecule has 2 rings (SSSR count). The molecule has 1 saturated heterocycles. The molecule has 1 aromatic heterocycles. The molecule has 0 aliphatic carbocycles. The number of hydrogen-bond donors (Lipinski definition) is 7. The van der Waals surface area contributed by atoms with Gasteiger partial charge in [0.25, 0.3) is 0 Å². The van der Waals surface area contributed by atoms with Crippen LogP contribution in [0, 0.1) is 0 Å². The van der Waals surface area contributed by atoms with Gasteiger partial charge in [0, 0.05) is 18.4 Å². The maximum Gasteiger partial charge on any atom is 0.490 e. The standard InChI is InChI=1S/C12H23N4O13P3S2/c13-2-1-3-33-34-9-5-16(12(18)15-11(9)14)10-4-7(17)8(27-10)6-26-31(22,23)29-32(24,25)28-30(19,20)21/h5,7-8,10,17H,1-4,6,13H2,(H,22,23)(H,24,25)(H2,14,15,18)(H2,19,20,21)/t7-,8+,10+/m0/s1. The lowest BCUT2D eigenvalue weighted by atomic mass is 10.2. The van der Waals surface area contributed by atoms with Crippen molar-refractivity contribution in [2.75, 3.05) is 24.6 Å². The minimum absolute atomic E-state index is 0.00532. The number of phosphoric acid groups is 3. The van der Waals surface area contributed by atoms with E-state index in [2.05, 4.69) is 18.1 Å². The van der Waals surface area contributed by atoms with Crippen LogP contribution >= 0.6 is 45.1 Å². The molecule has 1 fully saturated rings. The summed E-state index contributed by atoms with van der Waals surface area (Å²) in [7, 11) is -13.9. The second-order valence-electron chi connectivity index (χ2n) is 6.55. The van der Waals surface area contributed by atoms with Crippen LogP contribution in [0.3, 0.4) is 0 Å². The van der Waals surface area contributed by atoms with Crippen molar-refractivity contribution < 1.29 is 56.3 Å². The number of nitrogens with zero attached hydrogens (tertiary/aromatic N) is 2. The lowest BCUT2D eigenvalue weighted by Gasteiger charge is -2.19. The summed E-state index contributed by atoms with van der Waals surface area (Å²) in [6, 6.07) is 0. The third-order valence-corrected chi connectivity index (χ3v) is 10.1. The number of aromatic nitrogens is 2. The summed E-state index contributed by atoms with van der Waals surface area (Å²) in [5.41, 5.74) is 10.4. The van der Waals surface area contributed by atoms with E-state index in [0.717, 1.165) is 16.7 Å². The number of aliphatic hydroxyl groups excluding tert-OH is 1. The molecule has 1 aromatic rings. The zero-order valence-corrected chi connectivity index (χ0v) is 21.4. The van der Waals surface area contributed by atoms with Crippen molar-refractivity contribution in [3.63, 3.8) is 0 Å². The van der Waals surface area contributed by atoms with Gasteiger partial charge in [-0.15, -0.1) is 0 Å². The van der Waals surface area contributed by atoms with E-state index >= 15 is 0 Å². The van der Waals surface area contributed by atoms with Gasteiger partial charge < -0.3 is 40.9 Å². The molecule has 1 aliphatic rings. The summed E-state index contributed by atoms with van der Waals surface area (Å²) in [6.45, 7) is -0.356. The number of aliphatic hydroxyl groups is 1. The zero-order chi connectivity index (χ0) is 25.7. The Morgan fingerprint density at radius 1 is 1.21 bits per heavy atom. The van der Waals surface area contributed by atoms with Crippen LogP contribution in [0.2, 0.25) is 0 Å². The number of ether oxygens (including phenoxy) is 1. The molecule has 5 atom stereocenters. The Morgan fingerprint density at radius 2 is 1.88 bits per heavy atom. The Labute approximate surface area is 200 Å². The van der Waals surface area contributed by atoms with Gasteiger partial charge in [-0.25, -0.2) is 18.5 Å². The van der Waals surface area contributed by atoms with Gasteiger partial charge in [-0.1, -0.05) is 21.6 Å². The van der Waals surface area contributed by atoms with Gasteiger partial charge in [0.05, 0.1) is 17.6 Å². The number of rotatable bonds is 13. The first-order chi connectivity index (χ1) is 15.6. The molecule has 2 heterocycles. The first-order valence-corrected chi connectivity index (χ1v) is 16.0. The molecule has 34 heavy (non-hydrogen) atoms. The van der Waals surface area contributed by atoms with E-state index in [1.165, 1.54) is 27.8 Å². The van der Waals surface area contributed by atoms with Crippen LogP contribution in [0.4, 0.5) is 5.82 Å². The maximum absolute atomic E-state index is 12.3. The van der Waals surface area contributed by atoms with Crippen LogP contribution in [0.15, 0.2) is 15.9 Å². The van der Waals surface area contributed by atoms with Gasteiger partial charge in [-0.3, -0.25) is 9.09 Å². The van der Waals surface area contributed by atoms with Crippen molar-refractivity contribution in [1.82, 2.24) is 9.55 Å². The SMILES string of the molecule is NCCCSSc1cn([C@H]2C[C@H](O)[C@@H](COP(=O)(O)OP(=O)(O)OP(=O)(O)O)O2)c(=O)nc1N. The molecule has 196 valence electrons. The molecule has 0 saturated carbocycles. The average molecular weight is 588 g/mol. The largest absolute Gasteiger partial charge is 0.490 e.